The smallest absolute Gasteiger partial charge is 0.311 e. The average Bonchev–Trinajstić information content (AvgIpc) is 3.23. The lowest BCUT2D eigenvalue weighted by molar-refractivity contribution is -0.151. The van der Waals surface area contributed by atoms with Crippen molar-refractivity contribution in [3.63, 3.8) is 0 Å². The summed E-state index contributed by atoms with van der Waals surface area (Å²) in [6, 6.07) is 0. The first-order chi connectivity index (χ1) is 12.2. The summed E-state index contributed by atoms with van der Waals surface area (Å²) in [4.78, 5) is 24.6. The van der Waals surface area contributed by atoms with Crippen molar-refractivity contribution in [2.75, 3.05) is 18.9 Å². The number of imidazole rings is 1. The molecule has 0 bridgehead atoms. The molecule has 3 atom stereocenters. The van der Waals surface area contributed by atoms with Crippen molar-refractivity contribution in [2.45, 2.75) is 44.9 Å². The van der Waals surface area contributed by atoms with Crippen LogP contribution in [-0.2, 0) is 14.3 Å². The Hall–Kier alpha value is -2.26. The first-order valence-electron chi connectivity index (χ1n) is 8.51. The molecule has 25 heavy (non-hydrogen) atoms. The highest BCUT2D eigenvalue weighted by Gasteiger charge is 2.41. The van der Waals surface area contributed by atoms with Gasteiger partial charge in [-0.3, -0.25) is 9.36 Å². The van der Waals surface area contributed by atoms with E-state index in [2.05, 4.69) is 21.9 Å². The van der Waals surface area contributed by atoms with Crippen LogP contribution in [0.25, 0.3) is 11.2 Å². The molecule has 136 valence electrons. The van der Waals surface area contributed by atoms with Crippen LogP contribution < -0.4 is 5.73 Å². The number of aliphatic hydroxyl groups excluding tert-OH is 1. The summed E-state index contributed by atoms with van der Waals surface area (Å²) in [6.07, 6.45) is 5.13. The zero-order valence-corrected chi connectivity index (χ0v) is 14.2. The van der Waals surface area contributed by atoms with Crippen molar-refractivity contribution in [3.05, 3.63) is 12.7 Å². The molecule has 3 heterocycles. The maximum atomic E-state index is 12.3. The van der Waals surface area contributed by atoms with E-state index in [-0.39, 0.29) is 18.4 Å². The number of aromatic nitrogens is 4. The van der Waals surface area contributed by atoms with Crippen LogP contribution in [-0.4, -0.2) is 49.9 Å². The lowest BCUT2D eigenvalue weighted by atomic mass is 10.0. The number of hydrogen-bond acceptors (Lipinski definition) is 8. The average molecular weight is 349 g/mol. The van der Waals surface area contributed by atoms with Crippen LogP contribution >= 0.6 is 0 Å². The number of aliphatic hydroxyl groups is 1. The molecule has 0 amide bonds. The van der Waals surface area contributed by atoms with Gasteiger partial charge in [0, 0.05) is 6.42 Å². The third-order valence-electron chi connectivity index (χ3n) is 4.41. The van der Waals surface area contributed by atoms with Gasteiger partial charge in [0.2, 0.25) is 0 Å². The van der Waals surface area contributed by atoms with E-state index >= 15 is 0 Å². The highest BCUT2D eigenvalue weighted by Crippen LogP contribution is 2.35. The Morgan fingerprint density at radius 1 is 1.44 bits per heavy atom. The summed E-state index contributed by atoms with van der Waals surface area (Å²) in [6.45, 7) is 2.23. The number of carbonyl (C=O) groups is 1. The van der Waals surface area contributed by atoms with Crippen molar-refractivity contribution >= 4 is 23.0 Å². The van der Waals surface area contributed by atoms with E-state index in [1.54, 1.807) is 10.9 Å². The molecule has 0 saturated carbocycles. The van der Waals surface area contributed by atoms with E-state index < -0.39 is 18.2 Å². The fraction of sp³-hybridized carbons (Fsp3) is 0.625. The molecule has 9 nitrogen and oxygen atoms in total. The second-order valence-electron chi connectivity index (χ2n) is 6.11. The van der Waals surface area contributed by atoms with Crippen molar-refractivity contribution in [1.82, 2.24) is 19.5 Å². The summed E-state index contributed by atoms with van der Waals surface area (Å²) < 4.78 is 12.9. The molecular formula is C16H23N5O4. The van der Waals surface area contributed by atoms with Crippen LogP contribution in [0.5, 0.6) is 0 Å². The van der Waals surface area contributed by atoms with Crippen molar-refractivity contribution in [1.29, 1.82) is 0 Å². The van der Waals surface area contributed by atoms with Gasteiger partial charge in [0.05, 0.1) is 31.6 Å². The lowest BCUT2D eigenvalue weighted by Gasteiger charge is -2.15. The number of nitrogen functional groups attached to an aromatic ring is 1. The van der Waals surface area contributed by atoms with Gasteiger partial charge in [-0.2, -0.15) is 0 Å². The van der Waals surface area contributed by atoms with E-state index in [4.69, 9.17) is 15.2 Å². The molecular weight excluding hydrogens is 326 g/mol. The van der Waals surface area contributed by atoms with Crippen LogP contribution in [0, 0.1) is 5.92 Å². The molecule has 1 aliphatic heterocycles. The standard InChI is InChI=1S/C16H23N5O4/c1-2-3-4-5-24-16(23)10-6-12(25-11(10)7-22)21-9-20-13-14(17)18-8-19-15(13)21/h8-12,22H,2-7H2,1H3,(H2,17,18,19)/t10-,11+,12?/m0/s1. The molecule has 1 saturated heterocycles. The van der Waals surface area contributed by atoms with Crippen LogP contribution in [0.3, 0.4) is 0 Å². The van der Waals surface area contributed by atoms with E-state index in [0.29, 0.717) is 24.2 Å². The minimum Gasteiger partial charge on any atom is -0.465 e. The molecule has 9 heteroatoms. The van der Waals surface area contributed by atoms with Crippen LogP contribution in [0.4, 0.5) is 5.82 Å². The second kappa shape index (κ2) is 7.75. The Bertz CT molecular complexity index is 734. The topological polar surface area (TPSA) is 125 Å². The zero-order chi connectivity index (χ0) is 17.8. The molecule has 2 aromatic heterocycles. The van der Waals surface area contributed by atoms with E-state index in [9.17, 15) is 9.90 Å². The number of unbranched alkanes of at least 4 members (excludes halogenated alkanes) is 2. The molecule has 1 unspecified atom stereocenters. The third-order valence-corrected chi connectivity index (χ3v) is 4.41. The van der Waals surface area contributed by atoms with Crippen LogP contribution in [0.1, 0.15) is 38.8 Å². The molecule has 3 rings (SSSR count). The third kappa shape index (κ3) is 3.57. The number of esters is 1. The van der Waals surface area contributed by atoms with E-state index in [0.717, 1.165) is 19.3 Å². The number of nitrogens with zero attached hydrogens (tertiary/aromatic N) is 4. The van der Waals surface area contributed by atoms with Gasteiger partial charge in [0.15, 0.2) is 11.5 Å². The Labute approximate surface area is 145 Å². The highest BCUT2D eigenvalue weighted by atomic mass is 16.6. The predicted octanol–water partition coefficient (Wildman–Crippen LogP) is 1.04. The fourth-order valence-electron chi connectivity index (χ4n) is 3.03. The number of rotatable bonds is 7. The number of fused-ring (bicyclic) bond motifs is 1. The largest absolute Gasteiger partial charge is 0.465 e. The Balaban J connectivity index is 1.72. The van der Waals surface area contributed by atoms with Crippen LogP contribution in [0.15, 0.2) is 12.7 Å². The van der Waals surface area contributed by atoms with Gasteiger partial charge < -0.3 is 20.3 Å². The fourth-order valence-corrected chi connectivity index (χ4v) is 3.03. The quantitative estimate of drug-likeness (QED) is 0.561. The first-order valence-corrected chi connectivity index (χ1v) is 8.51. The number of hydrogen-bond donors (Lipinski definition) is 2. The molecule has 0 aliphatic carbocycles. The Kier molecular flexibility index (Phi) is 5.44. The van der Waals surface area contributed by atoms with Gasteiger partial charge in [-0.05, 0) is 6.42 Å². The first kappa shape index (κ1) is 17.6. The van der Waals surface area contributed by atoms with Crippen LogP contribution in [0.2, 0.25) is 0 Å². The summed E-state index contributed by atoms with van der Waals surface area (Å²) >= 11 is 0. The maximum Gasteiger partial charge on any atom is 0.311 e. The molecule has 1 fully saturated rings. The molecule has 0 spiro atoms. The minimum atomic E-state index is -0.611. The zero-order valence-electron chi connectivity index (χ0n) is 14.2. The number of nitrogens with two attached hydrogens (primary N) is 1. The van der Waals surface area contributed by atoms with E-state index in [1.807, 2.05) is 0 Å². The molecule has 1 aliphatic rings. The van der Waals surface area contributed by atoms with Gasteiger partial charge in [-0.15, -0.1) is 0 Å². The van der Waals surface area contributed by atoms with Crippen molar-refractivity contribution in [2.24, 2.45) is 5.92 Å². The SMILES string of the molecule is CCCCCOC(=O)[C@H]1CC(n2cnc3c(N)ncnc32)O[C@@H]1CO. The lowest BCUT2D eigenvalue weighted by Crippen LogP contribution is -2.29. The summed E-state index contributed by atoms with van der Waals surface area (Å²) in [5.74, 6) is -0.572. The second-order valence-corrected chi connectivity index (χ2v) is 6.11. The molecule has 3 N–H and O–H groups in total. The number of ether oxygens (including phenoxy) is 2. The predicted molar refractivity (Wildman–Crippen MR) is 89.3 cm³/mol. The number of anilines is 1. The summed E-state index contributed by atoms with van der Waals surface area (Å²) in [5, 5.41) is 9.56. The van der Waals surface area contributed by atoms with Gasteiger partial charge in [-0.25, -0.2) is 15.0 Å². The molecule has 2 aromatic rings. The monoisotopic (exact) mass is 349 g/mol. The molecule has 0 aromatic carbocycles. The maximum absolute atomic E-state index is 12.3. The van der Waals surface area contributed by atoms with E-state index in [1.165, 1.54) is 6.33 Å². The summed E-state index contributed by atoms with van der Waals surface area (Å²) in [5.41, 5.74) is 6.81. The minimum absolute atomic E-state index is 0.255. The number of carbonyl (C=O) groups excluding carboxylic acids is 1. The Morgan fingerprint density at radius 3 is 3.04 bits per heavy atom. The van der Waals surface area contributed by atoms with Gasteiger partial charge >= 0.3 is 5.97 Å². The normalized spacial score (nSPS) is 23.2. The Morgan fingerprint density at radius 2 is 2.28 bits per heavy atom. The van der Waals surface area contributed by atoms with Gasteiger partial charge in [0.1, 0.15) is 18.1 Å². The molecule has 0 radical (unpaired) electrons. The van der Waals surface area contributed by atoms with Gasteiger partial charge in [-0.1, -0.05) is 19.8 Å². The van der Waals surface area contributed by atoms with Crippen molar-refractivity contribution < 1.29 is 19.4 Å². The van der Waals surface area contributed by atoms with Gasteiger partial charge in [0.25, 0.3) is 0 Å². The van der Waals surface area contributed by atoms with Crippen molar-refractivity contribution in [3.8, 4) is 0 Å². The highest BCUT2D eigenvalue weighted by molar-refractivity contribution is 5.81. The summed E-state index contributed by atoms with van der Waals surface area (Å²) in [7, 11) is 0.